The zero-order chi connectivity index (χ0) is 31.5. The van der Waals surface area contributed by atoms with E-state index >= 15 is 0 Å². The number of esters is 1. The predicted octanol–water partition coefficient (Wildman–Crippen LogP) is 9.32. The number of hydrogen-bond donors (Lipinski definition) is 0. The van der Waals surface area contributed by atoms with Gasteiger partial charge in [0.05, 0.1) is 21.5 Å². The van der Waals surface area contributed by atoms with Gasteiger partial charge in [0, 0.05) is 18.6 Å². The van der Waals surface area contributed by atoms with Crippen molar-refractivity contribution >= 4 is 17.3 Å². The van der Waals surface area contributed by atoms with E-state index in [1.54, 1.807) is 0 Å². The van der Waals surface area contributed by atoms with E-state index in [0.29, 0.717) is 48.9 Å². The van der Waals surface area contributed by atoms with Gasteiger partial charge in [-0.15, -0.1) is 0 Å². The second kappa shape index (κ2) is 13.4. The van der Waals surface area contributed by atoms with Crippen LogP contribution >= 0.6 is 0 Å². The Morgan fingerprint density at radius 1 is 1.00 bits per heavy atom. The van der Waals surface area contributed by atoms with Crippen LogP contribution in [0.5, 0.6) is 0 Å². The number of non-ortho nitro benzene ring substituents is 2. The Hall–Kier alpha value is -3.55. The lowest BCUT2D eigenvalue weighted by atomic mass is 9.61. The van der Waals surface area contributed by atoms with Crippen LogP contribution in [0.4, 0.5) is 11.4 Å². The molecule has 0 radical (unpaired) electrons. The first-order valence-electron chi connectivity index (χ1n) is 15.7. The molecule has 0 unspecified atom stereocenters. The number of rotatable bonds is 9. The molecular formula is C35H46N2O6. The second-order valence-corrected chi connectivity index (χ2v) is 13.5. The Balaban J connectivity index is 1.47. The third-order valence-corrected chi connectivity index (χ3v) is 10.4. The molecule has 0 saturated heterocycles. The first-order valence-corrected chi connectivity index (χ1v) is 15.7. The summed E-state index contributed by atoms with van der Waals surface area (Å²) in [7, 11) is 0. The van der Waals surface area contributed by atoms with Gasteiger partial charge in [-0.1, -0.05) is 76.6 Å². The molecule has 8 heteroatoms. The lowest BCUT2D eigenvalue weighted by Gasteiger charge is -2.44. The van der Waals surface area contributed by atoms with Crippen LogP contribution < -0.4 is 0 Å². The summed E-state index contributed by atoms with van der Waals surface area (Å²) in [5, 5.41) is 22.5. The van der Waals surface area contributed by atoms with Gasteiger partial charge in [0.15, 0.2) is 0 Å². The Kier molecular flexibility index (Phi) is 10.1. The Morgan fingerprint density at radius 3 is 2.30 bits per heavy atom. The summed E-state index contributed by atoms with van der Waals surface area (Å²) in [5.74, 6) is 2.21. The molecule has 3 fully saturated rings. The molecule has 3 aliphatic rings. The molecule has 8 nitrogen and oxygen atoms in total. The highest BCUT2D eigenvalue weighted by Gasteiger charge is 2.50. The average molecular weight is 591 g/mol. The largest absolute Gasteiger partial charge is 0.458 e. The van der Waals surface area contributed by atoms with Gasteiger partial charge in [0.2, 0.25) is 0 Å². The highest BCUT2D eigenvalue weighted by atomic mass is 16.6. The summed E-state index contributed by atoms with van der Waals surface area (Å²) in [5.41, 5.74) is 2.63. The molecule has 232 valence electrons. The van der Waals surface area contributed by atoms with E-state index in [-0.39, 0.29) is 11.0 Å². The van der Waals surface area contributed by atoms with Gasteiger partial charge >= 0.3 is 5.97 Å². The van der Waals surface area contributed by atoms with Gasteiger partial charge in [-0.25, -0.2) is 4.79 Å². The van der Waals surface area contributed by atoms with Crippen LogP contribution in [0.15, 0.2) is 65.8 Å². The minimum atomic E-state index is -0.798. The topological polar surface area (TPSA) is 113 Å². The Bertz CT molecular complexity index is 1330. The van der Waals surface area contributed by atoms with Crippen molar-refractivity contribution in [2.75, 3.05) is 0 Å². The molecule has 1 aromatic rings. The number of nitrogens with zero attached hydrogens (tertiary/aromatic N) is 2. The van der Waals surface area contributed by atoms with E-state index in [0.717, 1.165) is 35.8 Å². The standard InChI is InChI=1S/C35H46N2O6/c1-22(2)23(3)9-10-25(5)32-15-16-33-26(8-7-17-35(32,33)6)12-13-27-20-31(14-11-24(27)4)43-34(38)28-18-29(36(39)40)21-30(19-28)37(41)42/h9-10,12-13,18-19,21-23,25,31-33H,4,7-8,11,14-17,20H2,1-3,5-6H3/b10-9+,26-12+,27-13+/t23-,25+,31-,32+,33+,35-/m1/s1. The maximum Gasteiger partial charge on any atom is 0.338 e. The molecule has 3 saturated carbocycles. The van der Waals surface area contributed by atoms with E-state index in [1.807, 2.05) is 0 Å². The summed E-state index contributed by atoms with van der Waals surface area (Å²) in [6, 6.07) is 2.88. The minimum Gasteiger partial charge on any atom is -0.458 e. The molecule has 0 amide bonds. The van der Waals surface area contributed by atoms with Crippen LogP contribution in [-0.2, 0) is 4.74 Å². The molecule has 0 N–H and O–H groups in total. The monoisotopic (exact) mass is 590 g/mol. The molecule has 3 aliphatic carbocycles. The van der Waals surface area contributed by atoms with Gasteiger partial charge in [-0.05, 0) is 85.5 Å². The van der Waals surface area contributed by atoms with Crippen LogP contribution in [0.3, 0.4) is 0 Å². The highest BCUT2D eigenvalue weighted by molar-refractivity contribution is 5.91. The van der Waals surface area contributed by atoms with Crippen molar-refractivity contribution in [3.8, 4) is 0 Å². The smallest absolute Gasteiger partial charge is 0.338 e. The quantitative estimate of drug-likeness (QED) is 0.123. The number of allylic oxidation sites excluding steroid dienone is 6. The molecule has 0 aliphatic heterocycles. The van der Waals surface area contributed by atoms with Crippen LogP contribution in [0.1, 0.15) is 96.3 Å². The number of nitro benzene ring substituents is 2. The number of nitro groups is 2. The van der Waals surface area contributed by atoms with Crippen LogP contribution in [0, 0.1) is 55.2 Å². The predicted molar refractivity (Wildman–Crippen MR) is 169 cm³/mol. The van der Waals surface area contributed by atoms with Crippen LogP contribution in [-0.4, -0.2) is 21.9 Å². The summed E-state index contributed by atoms with van der Waals surface area (Å²) in [4.78, 5) is 33.9. The molecule has 6 atom stereocenters. The minimum absolute atomic E-state index is 0.196. The third-order valence-electron chi connectivity index (χ3n) is 10.4. The van der Waals surface area contributed by atoms with Gasteiger partial charge in [0.1, 0.15) is 6.10 Å². The molecule has 0 bridgehead atoms. The number of ether oxygens (including phenoxy) is 1. The van der Waals surface area contributed by atoms with Crippen molar-refractivity contribution in [3.63, 3.8) is 0 Å². The number of hydrogen-bond acceptors (Lipinski definition) is 6. The molecule has 1 aromatic carbocycles. The molecule has 4 rings (SSSR count). The first-order chi connectivity index (χ1) is 20.3. The summed E-state index contributed by atoms with van der Waals surface area (Å²) in [6.07, 6.45) is 16.6. The van der Waals surface area contributed by atoms with Crippen molar-refractivity contribution in [3.05, 3.63) is 91.6 Å². The molecule has 0 aromatic heterocycles. The molecule has 0 heterocycles. The summed E-state index contributed by atoms with van der Waals surface area (Å²) >= 11 is 0. The van der Waals surface area contributed by atoms with Gasteiger partial charge in [0.25, 0.3) is 11.4 Å². The fraction of sp³-hybridized carbons (Fsp3) is 0.571. The van der Waals surface area contributed by atoms with E-state index in [9.17, 15) is 25.0 Å². The first kappa shape index (κ1) is 32.4. The number of carbonyl (C=O) groups is 1. The molecule has 0 spiro atoms. The SMILES string of the molecule is C=C1CC[C@@H](OC(=O)c2cc([N+](=O)[O-])cc([N+](=O)[O-])c2)C/C1=C\C=C1/CCC[C@@]2(C)[C@H]1CC[C@H]2[C@@H](C)/C=C/[C@@H](C)C(C)C. The lowest BCUT2D eigenvalue weighted by Crippen LogP contribution is -2.35. The van der Waals surface area contributed by atoms with E-state index in [2.05, 4.69) is 65.5 Å². The third kappa shape index (κ3) is 7.34. The number of benzene rings is 1. The van der Waals surface area contributed by atoms with Crippen LogP contribution in [0.25, 0.3) is 0 Å². The normalized spacial score (nSPS) is 29.2. The zero-order valence-electron chi connectivity index (χ0n) is 26.2. The summed E-state index contributed by atoms with van der Waals surface area (Å²) < 4.78 is 5.70. The van der Waals surface area contributed by atoms with Crippen molar-refractivity contribution in [1.82, 2.24) is 0 Å². The average Bonchev–Trinajstić information content (AvgIpc) is 3.33. The second-order valence-electron chi connectivity index (χ2n) is 13.5. The van der Waals surface area contributed by atoms with E-state index < -0.39 is 33.3 Å². The summed E-state index contributed by atoms with van der Waals surface area (Å²) in [6.45, 7) is 16.0. The Labute approximate surface area is 255 Å². The van der Waals surface area contributed by atoms with Crippen LogP contribution in [0.2, 0.25) is 0 Å². The number of fused-ring (bicyclic) bond motifs is 1. The number of carbonyl (C=O) groups excluding carboxylic acids is 1. The lowest BCUT2D eigenvalue weighted by molar-refractivity contribution is -0.394. The zero-order valence-corrected chi connectivity index (χ0v) is 26.2. The fourth-order valence-corrected chi connectivity index (χ4v) is 7.47. The maximum atomic E-state index is 12.9. The van der Waals surface area contributed by atoms with Crippen molar-refractivity contribution in [2.45, 2.75) is 92.1 Å². The highest BCUT2D eigenvalue weighted by Crippen LogP contribution is 2.59. The molecule has 43 heavy (non-hydrogen) atoms. The van der Waals surface area contributed by atoms with Gasteiger partial charge in [-0.2, -0.15) is 0 Å². The fourth-order valence-electron chi connectivity index (χ4n) is 7.47. The van der Waals surface area contributed by atoms with Crippen molar-refractivity contribution < 1.29 is 19.4 Å². The Morgan fingerprint density at radius 2 is 1.67 bits per heavy atom. The van der Waals surface area contributed by atoms with E-state index in [4.69, 9.17) is 4.74 Å². The maximum absolute atomic E-state index is 12.9. The van der Waals surface area contributed by atoms with Gasteiger partial charge < -0.3 is 4.74 Å². The molecular weight excluding hydrogens is 544 g/mol. The van der Waals surface area contributed by atoms with Crippen molar-refractivity contribution in [2.24, 2.45) is 35.0 Å². The van der Waals surface area contributed by atoms with E-state index in [1.165, 1.54) is 31.3 Å². The van der Waals surface area contributed by atoms with Crippen molar-refractivity contribution in [1.29, 1.82) is 0 Å². The van der Waals surface area contributed by atoms with Gasteiger partial charge in [-0.3, -0.25) is 20.2 Å².